The summed E-state index contributed by atoms with van der Waals surface area (Å²) in [5.41, 5.74) is 1.80. The zero-order chi connectivity index (χ0) is 20.1. The number of halogens is 1. The number of carbonyl (C=O) groups is 1. The molecule has 7 heteroatoms. The maximum atomic E-state index is 12.9. The van der Waals surface area contributed by atoms with Gasteiger partial charge in [0.1, 0.15) is 11.1 Å². The Morgan fingerprint density at radius 2 is 1.86 bits per heavy atom. The largest absolute Gasteiger partial charge is 0.473 e. The number of pyridine rings is 1. The van der Waals surface area contributed by atoms with Crippen molar-refractivity contribution in [3.8, 4) is 5.88 Å². The van der Waals surface area contributed by atoms with Gasteiger partial charge in [-0.25, -0.2) is 4.98 Å². The molecule has 0 saturated carbocycles. The van der Waals surface area contributed by atoms with E-state index in [1.165, 1.54) is 5.56 Å². The van der Waals surface area contributed by atoms with Gasteiger partial charge in [0.05, 0.1) is 18.8 Å². The lowest BCUT2D eigenvalue weighted by Gasteiger charge is -2.34. The van der Waals surface area contributed by atoms with E-state index in [0.717, 1.165) is 32.5 Å². The van der Waals surface area contributed by atoms with Gasteiger partial charge in [0.15, 0.2) is 0 Å². The zero-order valence-electron chi connectivity index (χ0n) is 16.4. The molecule has 1 aromatic heterocycles. The molecule has 6 nitrogen and oxygen atoms in total. The van der Waals surface area contributed by atoms with Crippen molar-refractivity contribution in [2.24, 2.45) is 0 Å². The summed E-state index contributed by atoms with van der Waals surface area (Å²) in [7, 11) is 0. The Bertz CT molecular complexity index is 819. The second-order valence-corrected chi connectivity index (χ2v) is 7.90. The minimum atomic E-state index is -0.0311. The van der Waals surface area contributed by atoms with E-state index < -0.39 is 0 Å². The van der Waals surface area contributed by atoms with Crippen molar-refractivity contribution in [3.63, 3.8) is 0 Å². The fourth-order valence-electron chi connectivity index (χ4n) is 3.71. The van der Waals surface area contributed by atoms with Gasteiger partial charge in [-0.05, 0) is 11.6 Å². The number of carbonyl (C=O) groups excluding carboxylic acids is 1. The molecule has 1 aromatic carbocycles. The SMILES string of the molecule is O=C(c1cnc(OC2CCOCC2)c(Cl)c1)N1CCN(Cc2ccccc2)CC1. The first-order chi connectivity index (χ1) is 14.2. The Labute approximate surface area is 176 Å². The summed E-state index contributed by atoms with van der Waals surface area (Å²) in [6, 6.07) is 12.1. The third-order valence-electron chi connectivity index (χ3n) is 5.41. The van der Waals surface area contributed by atoms with Gasteiger partial charge in [-0.2, -0.15) is 0 Å². The Balaban J connectivity index is 1.32. The molecule has 1 amide bonds. The van der Waals surface area contributed by atoms with Gasteiger partial charge >= 0.3 is 0 Å². The predicted octanol–water partition coefficient (Wildman–Crippen LogP) is 3.25. The summed E-state index contributed by atoms with van der Waals surface area (Å²) in [6.07, 6.45) is 3.28. The van der Waals surface area contributed by atoms with Crippen LogP contribution in [0.25, 0.3) is 0 Å². The van der Waals surface area contributed by atoms with E-state index in [1.807, 2.05) is 11.0 Å². The summed E-state index contributed by atoms with van der Waals surface area (Å²) in [6.45, 7) is 5.39. The molecule has 3 heterocycles. The molecule has 0 spiro atoms. The molecule has 2 fully saturated rings. The highest BCUT2D eigenvalue weighted by Crippen LogP contribution is 2.26. The number of piperazine rings is 1. The molecule has 29 heavy (non-hydrogen) atoms. The molecule has 2 aromatic rings. The molecule has 2 aliphatic rings. The number of hydrogen-bond donors (Lipinski definition) is 0. The van der Waals surface area contributed by atoms with Crippen LogP contribution in [0.1, 0.15) is 28.8 Å². The molecular weight excluding hydrogens is 390 g/mol. The van der Waals surface area contributed by atoms with Crippen molar-refractivity contribution in [3.05, 3.63) is 58.7 Å². The summed E-state index contributed by atoms with van der Waals surface area (Å²) >= 11 is 6.35. The average Bonchev–Trinajstić information content (AvgIpc) is 2.77. The van der Waals surface area contributed by atoms with Crippen molar-refractivity contribution in [2.75, 3.05) is 39.4 Å². The number of aromatic nitrogens is 1. The van der Waals surface area contributed by atoms with Crippen LogP contribution >= 0.6 is 11.6 Å². The van der Waals surface area contributed by atoms with Crippen molar-refractivity contribution in [2.45, 2.75) is 25.5 Å². The lowest BCUT2D eigenvalue weighted by atomic mass is 10.1. The topological polar surface area (TPSA) is 54.9 Å². The highest BCUT2D eigenvalue weighted by Gasteiger charge is 2.24. The lowest BCUT2D eigenvalue weighted by molar-refractivity contribution is 0.0237. The van der Waals surface area contributed by atoms with E-state index in [0.29, 0.717) is 42.8 Å². The maximum absolute atomic E-state index is 12.9. The highest BCUT2D eigenvalue weighted by molar-refractivity contribution is 6.32. The van der Waals surface area contributed by atoms with Crippen LogP contribution in [0.4, 0.5) is 0 Å². The number of benzene rings is 1. The molecule has 0 radical (unpaired) electrons. The van der Waals surface area contributed by atoms with Gasteiger partial charge in [0.25, 0.3) is 5.91 Å². The Morgan fingerprint density at radius 1 is 1.14 bits per heavy atom. The lowest BCUT2D eigenvalue weighted by Crippen LogP contribution is -2.48. The standard InChI is InChI=1S/C22H26ClN3O3/c23-20-14-18(15-24-21(20)29-19-6-12-28-13-7-19)22(27)26-10-8-25(9-11-26)16-17-4-2-1-3-5-17/h1-5,14-15,19H,6-13,16H2. The normalized spacial score (nSPS) is 18.6. The van der Waals surface area contributed by atoms with Crippen LogP contribution in [-0.2, 0) is 11.3 Å². The Hall–Kier alpha value is -2.15. The van der Waals surface area contributed by atoms with Crippen molar-refractivity contribution < 1.29 is 14.3 Å². The van der Waals surface area contributed by atoms with Gasteiger partial charge in [-0.15, -0.1) is 0 Å². The minimum Gasteiger partial charge on any atom is -0.473 e. The Morgan fingerprint density at radius 3 is 2.55 bits per heavy atom. The fourth-order valence-corrected chi connectivity index (χ4v) is 3.92. The summed E-state index contributed by atoms with van der Waals surface area (Å²) in [5.74, 6) is 0.360. The van der Waals surface area contributed by atoms with Crippen molar-refractivity contribution in [1.29, 1.82) is 0 Å². The molecule has 154 valence electrons. The first-order valence-electron chi connectivity index (χ1n) is 10.1. The molecule has 0 unspecified atom stereocenters. The number of amides is 1. The third-order valence-corrected chi connectivity index (χ3v) is 5.68. The quantitative estimate of drug-likeness (QED) is 0.750. The van der Waals surface area contributed by atoms with E-state index in [4.69, 9.17) is 21.1 Å². The molecule has 0 bridgehead atoms. The number of hydrogen-bond acceptors (Lipinski definition) is 5. The fraction of sp³-hybridized carbons (Fsp3) is 0.455. The number of nitrogens with zero attached hydrogens (tertiary/aromatic N) is 3. The Kier molecular flexibility index (Phi) is 6.64. The monoisotopic (exact) mass is 415 g/mol. The smallest absolute Gasteiger partial charge is 0.255 e. The van der Waals surface area contributed by atoms with Crippen LogP contribution in [0, 0.1) is 0 Å². The number of ether oxygens (including phenoxy) is 2. The van der Waals surface area contributed by atoms with Crippen molar-refractivity contribution >= 4 is 17.5 Å². The molecule has 2 saturated heterocycles. The van der Waals surface area contributed by atoms with Crippen LogP contribution in [0.5, 0.6) is 5.88 Å². The van der Waals surface area contributed by atoms with E-state index >= 15 is 0 Å². The molecular formula is C22H26ClN3O3. The highest BCUT2D eigenvalue weighted by atomic mass is 35.5. The van der Waals surface area contributed by atoms with Crippen LogP contribution in [0.3, 0.4) is 0 Å². The van der Waals surface area contributed by atoms with Gasteiger partial charge in [-0.1, -0.05) is 41.9 Å². The minimum absolute atomic E-state index is 0.0311. The molecule has 0 aliphatic carbocycles. The van der Waals surface area contributed by atoms with Gasteiger partial charge < -0.3 is 14.4 Å². The van der Waals surface area contributed by atoms with Gasteiger partial charge in [-0.3, -0.25) is 9.69 Å². The average molecular weight is 416 g/mol. The molecule has 4 rings (SSSR count). The van der Waals surface area contributed by atoms with Gasteiger partial charge in [0.2, 0.25) is 5.88 Å². The third kappa shape index (κ3) is 5.26. The predicted molar refractivity (Wildman–Crippen MR) is 111 cm³/mol. The molecule has 2 aliphatic heterocycles. The van der Waals surface area contributed by atoms with E-state index in [2.05, 4.69) is 34.1 Å². The second-order valence-electron chi connectivity index (χ2n) is 7.49. The zero-order valence-corrected chi connectivity index (χ0v) is 17.2. The first kappa shape index (κ1) is 20.1. The maximum Gasteiger partial charge on any atom is 0.255 e. The molecule has 0 N–H and O–H groups in total. The van der Waals surface area contributed by atoms with Crippen LogP contribution in [-0.4, -0.2) is 66.2 Å². The number of rotatable bonds is 5. The summed E-state index contributed by atoms with van der Waals surface area (Å²) < 4.78 is 11.2. The first-order valence-corrected chi connectivity index (χ1v) is 10.5. The van der Waals surface area contributed by atoms with E-state index in [1.54, 1.807) is 12.3 Å². The van der Waals surface area contributed by atoms with Gasteiger partial charge in [0, 0.05) is 51.8 Å². The van der Waals surface area contributed by atoms with Crippen LogP contribution in [0.2, 0.25) is 5.02 Å². The van der Waals surface area contributed by atoms with E-state index in [-0.39, 0.29) is 12.0 Å². The van der Waals surface area contributed by atoms with Crippen molar-refractivity contribution in [1.82, 2.24) is 14.8 Å². The van der Waals surface area contributed by atoms with E-state index in [9.17, 15) is 4.79 Å². The van der Waals surface area contributed by atoms with Crippen LogP contribution in [0.15, 0.2) is 42.6 Å². The van der Waals surface area contributed by atoms with Crippen LogP contribution < -0.4 is 4.74 Å². The molecule has 0 atom stereocenters. The summed E-state index contributed by atoms with van der Waals surface area (Å²) in [4.78, 5) is 21.4. The second kappa shape index (κ2) is 9.57. The summed E-state index contributed by atoms with van der Waals surface area (Å²) in [5, 5.41) is 0.380.